The van der Waals surface area contributed by atoms with Gasteiger partial charge in [0.2, 0.25) is 0 Å². The van der Waals surface area contributed by atoms with Crippen LogP contribution in [0, 0.1) is 5.92 Å². The van der Waals surface area contributed by atoms with Crippen molar-refractivity contribution in [2.45, 2.75) is 6.92 Å². The molecule has 0 aliphatic rings. The first-order valence-corrected chi connectivity index (χ1v) is 4.36. The Bertz CT molecular complexity index is 206. The van der Waals surface area contributed by atoms with Gasteiger partial charge in [0.25, 0.3) is 0 Å². The molecule has 1 atom stereocenters. The van der Waals surface area contributed by atoms with Crippen LogP contribution in [0.4, 0.5) is 0 Å². The summed E-state index contributed by atoms with van der Waals surface area (Å²) < 4.78 is 4.90. The molecule has 0 heterocycles. The summed E-state index contributed by atoms with van der Waals surface area (Å²) in [4.78, 5) is 0. The highest BCUT2D eigenvalue weighted by Crippen LogP contribution is 2.09. The Hall–Kier alpha value is -1.02. The summed E-state index contributed by atoms with van der Waals surface area (Å²) in [5, 5.41) is 3.10. The smallest absolute Gasteiger partial charge is 0.111 e. The summed E-state index contributed by atoms with van der Waals surface area (Å²) in [5.41, 5.74) is 1.08. The summed E-state index contributed by atoms with van der Waals surface area (Å²) in [6, 6.07) is 0. The maximum Gasteiger partial charge on any atom is 0.111 e. The average Bonchev–Trinajstić information content (AvgIpc) is 2.13. The largest absolute Gasteiger partial charge is 0.497 e. The lowest BCUT2D eigenvalue weighted by Crippen LogP contribution is -2.16. The van der Waals surface area contributed by atoms with Crippen LogP contribution in [0.15, 0.2) is 36.6 Å². The number of ether oxygens (including phenoxy) is 1. The molecule has 0 amide bonds. The number of nitrogens with one attached hydrogen (secondary N) is 1. The molecule has 0 aliphatic heterocycles. The second kappa shape index (κ2) is 6.49. The van der Waals surface area contributed by atoms with E-state index in [0.717, 1.165) is 12.1 Å². The normalized spacial score (nSPS) is 12.8. The minimum Gasteiger partial charge on any atom is -0.497 e. The fourth-order valence-electron chi connectivity index (χ4n) is 0.870. The van der Waals surface area contributed by atoms with Crippen LogP contribution in [-0.4, -0.2) is 20.7 Å². The van der Waals surface area contributed by atoms with E-state index in [-0.39, 0.29) is 0 Å². The first-order chi connectivity index (χ1) is 6.11. The molecule has 0 bridgehead atoms. The van der Waals surface area contributed by atoms with Crippen molar-refractivity contribution in [1.29, 1.82) is 0 Å². The van der Waals surface area contributed by atoms with Crippen molar-refractivity contribution in [2.75, 3.05) is 20.7 Å². The summed E-state index contributed by atoms with van der Waals surface area (Å²) >= 11 is 0. The Kier molecular flexibility index (Phi) is 5.98. The van der Waals surface area contributed by atoms with E-state index in [2.05, 4.69) is 25.4 Å². The Balaban J connectivity index is 3.98. The lowest BCUT2D eigenvalue weighted by Gasteiger charge is -2.10. The van der Waals surface area contributed by atoms with Gasteiger partial charge in [-0.15, -0.1) is 0 Å². The third-order valence-electron chi connectivity index (χ3n) is 1.89. The molecule has 0 saturated heterocycles. The first kappa shape index (κ1) is 12.0. The van der Waals surface area contributed by atoms with Gasteiger partial charge in [-0.05, 0) is 19.0 Å². The highest BCUT2D eigenvalue weighted by Gasteiger charge is 2.01. The molecule has 2 nitrogen and oxygen atoms in total. The third-order valence-corrected chi connectivity index (χ3v) is 1.89. The van der Waals surface area contributed by atoms with Gasteiger partial charge >= 0.3 is 0 Å². The quantitative estimate of drug-likeness (QED) is 0.500. The van der Waals surface area contributed by atoms with E-state index in [9.17, 15) is 0 Å². The minimum atomic E-state index is 0.436. The van der Waals surface area contributed by atoms with Crippen LogP contribution in [0.2, 0.25) is 0 Å². The van der Waals surface area contributed by atoms with Crippen LogP contribution in [-0.2, 0) is 4.74 Å². The Morgan fingerprint density at radius 2 is 2.08 bits per heavy atom. The molecular weight excluding hydrogens is 162 g/mol. The molecule has 74 valence electrons. The molecule has 0 rings (SSSR count). The zero-order chi connectivity index (χ0) is 10.3. The Morgan fingerprint density at radius 3 is 2.54 bits per heavy atom. The second-order valence-corrected chi connectivity index (χ2v) is 3.04. The highest BCUT2D eigenvalue weighted by atomic mass is 16.5. The fraction of sp³-hybridized carbons (Fsp3) is 0.455. The molecule has 0 aromatic carbocycles. The van der Waals surface area contributed by atoms with E-state index in [1.54, 1.807) is 7.11 Å². The predicted molar refractivity (Wildman–Crippen MR) is 57.5 cm³/mol. The molecule has 0 aromatic rings. The van der Waals surface area contributed by atoms with Gasteiger partial charge < -0.3 is 10.1 Å². The van der Waals surface area contributed by atoms with Crippen molar-refractivity contribution in [3.63, 3.8) is 0 Å². The SMILES string of the molecule is C=C(/C=C\C(=C)C(C)CNC)OC. The average molecular weight is 181 g/mol. The molecule has 13 heavy (non-hydrogen) atoms. The maximum absolute atomic E-state index is 4.90. The second-order valence-electron chi connectivity index (χ2n) is 3.04. The van der Waals surface area contributed by atoms with Crippen LogP contribution in [0.3, 0.4) is 0 Å². The van der Waals surface area contributed by atoms with E-state index in [4.69, 9.17) is 4.74 Å². The molecule has 1 unspecified atom stereocenters. The van der Waals surface area contributed by atoms with Gasteiger partial charge in [-0.25, -0.2) is 0 Å². The summed E-state index contributed by atoms with van der Waals surface area (Å²) in [6.45, 7) is 10.7. The fourth-order valence-corrected chi connectivity index (χ4v) is 0.870. The zero-order valence-electron chi connectivity index (χ0n) is 8.76. The summed E-state index contributed by atoms with van der Waals surface area (Å²) in [6.07, 6.45) is 3.77. The monoisotopic (exact) mass is 181 g/mol. The third kappa shape index (κ3) is 5.26. The summed E-state index contributed by atoms with van der Waals surface area (Å²) in [7, 11) is 3.54. The van der Waals surface area contributed by atoms with Crippen molar-refractivity contribution in [2.24, 2.45) is 5.92 Å². The van der Waals surface area contributed by atoms with Crippen molar-refractivity contribution in [3.05, 3.63) is 36.6 Å². The standard InChI is InChI=1S/C11H19NO/c1-9(10(2)8-12-4)6-7-11(3)13-5/h6-7,10,12H,1,3,8H2,2,4-5H3/b7-6-. The van der Waals surface area contributed by atoms with E-state index in [1.165, 1.54) is 0 Å². The van der Waals surface area contributed by atoms with E-state index in [1.807, 2.05) is 19.2 Å². The molecular formula is C11H19NO. The van der Waals surface area contributed by atoms with Crippen molar-refractivity contribution >= 4 is 0 Å². The number of hydrogen-bond donors (Lipinski definition) is 1. The van der Waals surface area contributed by atoms with Gasteiger partial charge in [-0.2, -0.15) is 0 Å². The van der Waals surface area contributed by atoms with Crippen molar-refractivity contribution < 1.29 is 4.74 Å². The van der Waals surface area contributed by atoms with Crippen molar-refractivity contribution in [1.82, 2.24) is 5.32 Å². The van der Waals surface area contributed by atoms with E-state index in [0.29, 0.717) is 11.7 Å². The van der Waals surface area contributed by atoms with Gasteiger partial charge in [0.15, 0.2) is 0 Å². The predicted octanol–water partition coefficient (Wildman–Crippen LogP) is 2.11. The molecule has 1 N–H and O–H groups in total. The molecule has 0 aliphatic carbocycles. The van der Waals surface area contributed by atoms with Crippen LogP contribution >= 0.6 is 0 Å². The van der Waals surface area contributed by atoms with Gasteiger partial charge in [0.05, 0.1) is 7.11 Å². The van der Waals surface area contributed by atoms with Gasteiger partial charge in [0, 0.05) is 6.54 Å². The number of hydrogen-bond acceptors (Lipinski definition) is 2. The first-order valence-electron chi connectivity index (χ1n) is 4.36. The van der Waals surface area contributed by atoms with Gasteiger partial charge in [-0.3, -0.25) is 0 Å². The summed E-state index contributed by atoms with van der Waals surface area (Å²) in [5.74, 6) is 1.09. The highest BCUT2D eigenvalue weighted by molar-refractivity contribution is 5.23. The minimum absolute atomic E-state index is 0.436. The van der Waals surface area contributed by atoms with Crippen LogP contribution < -0.4 is 5.32 Å². The van der Waals surface area contributed by atoms with Crippen LogP contribution in [0.25, 0.3) is 0 Å². The lowest BCUT2D eigenvalue weighted by molar-refractivity contribution is 0.308. The topological polar surface area (TPSA) is 21.3 Å². The zero-order valence-corrected chi connectivity index (χ0v) is 8.76. The van der Waals surface area contributed by atoms with E-state index >= 15 is 0 Å². The Morgan fingerprint density at radius 1 is 1.46 bits per heavy atom. The molecule has 0 spiro atoms. The lowest BCUT2D eigenvalue weighted by atomic mass is 10.0. The maximum atomic E-state index is 4.90. The number of methoxy groups -OCH3 is 1. The molecule has 2 heteroatoms. The van der Waals surface area contributed by atoms with E-state index < -0.39 is 0 Å². The van der Waals surface area contributed by atoms with Gasteiger partial charge in [-0.1, -0.05) is 31.7 Å². The molecule has 0 saturated carbocycles. The van der Waals surface area contributed by atoms with Gasteiger partial charge in [0.1, 0.15) is 5.76 Å². The molecule has 0 aromatic heterocycles. The number of allylic oxidation sites excluding steroid dienone is 2. The van der Waals surface area contributed by atoms with Crippen LogP contribution in [0.5, 0.6) is 0 Å². The number of rotatable bonds is 6. The van der Waals surface area contributed by atoms with Crippen LogP contribution in [0.1, 0.15) is 6.92 Å². The van der Waals surface area contributed by atoms with Crippen molar-refractivity contribution in [3.8, 4) is 0 Å². The Labute approximate surface area is 81.0 Å². The molecule has 0 radical (unpaired) electrons. The molecule has 0 fully saturated rings.